The molecule has 1 amide bonds. The lowest BCUT2D eigenvalue weighted by molar-refractivity contribution is 0.0527. The van der Waals surface area contributed by atoms with Crippen LogP contribution in [0.25, 0.3) is 0 Å². The summed E-state index contributed by atoms with van der Waals surface area (Å²) in [5.74, 6) is 5.14. The van der Waals surface area contributed by atoms with Crippen LogP contribution in [0.3, 0.4) is 0 Å². The molecule has 0 fully saturated rings. The molecule has 5 nitrogen and oxygen atoms in total. The Labute approximate surface area is 98.1 Å². The summed E-state index contributed by atoms with van der Waals surface area (Å²) in [5, 5.41) is 2.73. The largest absolute Gasteiger partial charge is 0.444 e. The van der Waals surface area contributed by atoms with Gasteiger partial charge in [-0.2, -0.15) is 0 Å². The molecule has 0 aromatic rings. The second kappa shape index (κ2) is 8.35. The topological polar surface area (TPSA) is 76.4 Å². The van der Waals surface area contributed by atoms with Gasteiger partial charge in [0.15, 0.2) is 0 Å². The zero-order valence-electron chi connectivity index (χ0n) is 10.6. The van der Waals surface area contributed by atoms with Gasteiger partial charge in [-0.3, -0.25) is 11.3 Å². The predicted octanol–water partition coefficient (Wildman–Crippen LogP) is 1.53. The van der Waals surface area contributed by atoms with E-state index in [1.807, 2.05) is 20.8 Å². The molecule has 0 unspecified atom stereocenters. The average Bonchev–Trinajstić information content (AvgIpc) is 2.13. The minimum absolute atomic E-state index is 0.337. The number of carbonyl (C=O) groups is 1. The number of nitrogens with one attached hydrogen (secondary N) is 2. The van der Waals surface area contributed by atoms with Crippen LogP contribution in [0.2, 0.25) is 0 Å². The molecule has 0 spiro atoms. The maximum absolute atomic E-state index is 11.2. The third-order valence-electron chi connectivity index (χ3n) is 1.92. The molecule has 0 aromatic heterocycles. The van der Waals surface area contributed by atoms with Crippen molar-refractivity contribution in [3.63, 3.8) is 0 Å². The van der Waals surface area contributed by atoms with Crippen LogP contribution in [0.5, 0.6) is 0 Å². The highest BCUT2D eigenvalue weighted by Crippen LogP contribution is 2.06. The van der Waals surface area contributed by atoms with Gasteiger partial charge in [-0.15, -0.1) is 0 Å². The standard InChI is InChI=1S/C11H25N3O2/c1-11(2,3)16-10(15)13-8-6-4-5-7-9-14-12/h14H,4-9,12H2,1-3H3,(H,13,15). The third kappa shape index (κ3) is 11.3. The maximum atomic E-state index is 11.2. The summed E-state index contributed by atoms with van der Waals surface area (Å²) in [6.07, 6.45) is 3.93. The number of hydrogen-bond acceptors (Lipinski definition) is 4. The van der Waals surface area contributed by atoms with Gasteiger partial charge in [-0.1, -0.05) is 12.8 Å². The van der Waals surface area contributed by atoms with Gasteiger partial charge < -0.3 is 10.1 Å². The fraction of sp³-hybridized carbons (Fsp3) is 0.909. The van der Waals surface area contributed by atoms with Crippen LogP contribution < -0.4 is 16.6 Å². The van der Waals surface area contributed by atoms with E-state index in [-0.39, 0.29) is 6.09 Å². The monoisotopic (exact) mass is 231 g/mol. The predicted molar refractivity (Wildman–Crippen MR) is 64.9 cm³/mol. The summed E-state index contributed by atoms with van der Waals surface area (Å²) in [6.45, 7) is 7.08. The molecule has 0 saturated carbocycles. The van der Waals surface area contributed by atoms with Gasteiger partial charge in [0.25, 0.3) is 0 Å². The van der Waals surface area contributed by atoms with Crippen LogP contribution in [0.4, 0.5) is 4.79 Å². The van der Waals surface area contributed by atoms with Crippen LogP contribution in [0.1, 0.15) is 46.5 Å². The molecule has 96 valence electrons. The first kappa shape index (κ1) is 15.2. The fourth-order valence-corrected chi connectivity index (χ4v) is 1.21. The van der Waals surface area contributed by atoms with Crippen molar-refractivity contribution in [2.45, 2.75) is 52.1 Å². The lowest BCUT2D eigenvalue weighted by atomic mass is 10.2. The van der Waals surface area contributed by atoms with E-state index in [2.05, 4.69) is 10.7 Å². The van der Waals surface area contributed by atoms with E-state index in [0.29, 0.717) is 6.54 Å². The van der Waals surface area contributed by atoms with Crippen molar-refractivity contribution in [2.24, 2.45) is 5.84 Å². The molecule has 0 radical (unpaired) electrons. The molecule has 0 aromatic carbocycles. The summed E-state index contributed by atoms with van der Waals surface area (Å²) < 4.78 is 5.11. The summed E-state index contributed by atoms with van der Waals surface area (Å²) in [7, 11) is 0. The summed E-state index contributed by atoms with van der Waals surface area (Å²) in [6, 6.07) is 0. The summed E-state index contributed by atoms with van der Waals surface area (Å²) in [4.78, 5) is 11.2. The van der Waals surface area contributed by atoms with Crippen molar-refractivity contribution in [3.8, 4) is 0 Å². The lowest BCUT2D eigenvalue weighted by Gasteiger charge is -2.19. The fourth-order valence-electron chi connectivity index (χ4n) is 1.21. The zero-order valence-corrected chi connectivity index (χ0v) is 10.6. The summed E-state index contributed by atoms with van der Waals surface area (Å²) in [5.41, 5.74) is 2.19. The Morgan fingerprint density at radius 2 is 1.69 bits per heavy atom. The molecule has 0 aliphatic rings. The first-order chi connectivity index (χ1) is 7.45. The lowest BCUT2D eigenvalue weighted by Crippen LogP contribution is -2.33. The number of rotatable bonds is 7. The van der Waals surface area contributed by atoms with Crippen molar-refractivity contribution < 1.29 is 9.53 Å². The number of hydrogen-bond donors (Lipinski definition) is 3. The first-order valence-electron chi connectivity index (χ1n) is 5.86. The van der Waals surface area contributed by atoms with Crippen LogP contribution in [-0.2, 0) is 4.74 Å². The van der Waals surface area contributed by atoms with Gasteiger partial charge in [-0.05, 0) is 33.6 Å². The minimum Gasteiger partial charge on any atom is -0.444 e. The number of alkyl carbamates (subject to hydrolysis) is 1. The first-order valence-corrected chi connectivity index (χ1v) is 5.86. The van der Waals surface area contributed by atoms with Gasteiger partial charge in [0.1, 0.15) is 5.60 Å². The van der Waals surface area contributed by atoms with Crippen molar-refractivity contribution in [2.75, 3.05) is 13.1 Å². The highest BCUT2D eigenvalue weighted by Gasteiger charge is 2.15. The van der Waals surface area contributed by atoms with Gasteiger partial charge in [0, 0.05) is 13.1 Å². The van der Waals surface area contributed by atoms with E-state index in [0.717, 1.165) is 32.2 Å². The van der Waals surface area contributed by atoms with Crippen LogP contribution in [0.15, 0.2) is 0 Å². The van der Waals surface area contributed by atoms with Gasteiger partial charge in [0.05, 0.1) is 0 Å². The van der Waals surface area contributed by atoms with E-state index in [1.165, 1.54) is 0 Å². The third-order valence-corrected chi connectivity index (χ3v) is 1.92. The number of hydrazine groups is 1. The van der Waals surface area contributed by atoms with Crippen molar-refractivity contribution >= 4 is 6.09 Å². The average molecular weight is 231 g/mol. The van der Waals surface area contributed by atoms with Gasteiger partial charge in [-0.25, -0.2) is 4.79 Å². The minimum atomic E-state index is -0.420. The molecule has 5 heteroatoms. The Kier molecular flexibility index (Phi) is 7.93. The normalized spacial score (nSPS) is 11.2. The molecular weight excluding hydrogens is 206 g/mol. The Balaban J connectivity index is 3.28. The SMILES string of the molecule is CC(C)(C)OC(=O)NCCCCCCNN. The molecule has 0 aliphatic heterocycles. The number of unbranched alkanes of at least 4 members (excludes halogenated alkanes) is 3. The van der Waals surface area contributed by atoms with E-state index in [9.17, 15) is 4.79 Å². The van der Waals surface area contributed by atoms with Crippen LogP contribution in [-0.4, -0.2) is 24.8 Å². The maximum Gasteiger partial charge on any atom is 0.407 e. The smallest absolute Gasteiger partial charge is 0.407 e. The quantitative estimate of drug-likeness (QED) is 0.353. The number of ether oxygens (including phenoxy) is 1. The number of amides is 1. The van der Waals surface area contributed by atoms with E-state index in [4.69, 9.17) is 10.6 Å². The molecule has 0 aliphatic carbocycles. The summed E-state index contributed by atoms with van der Waals surface area (Å²) >= 11 is 0. The molecule has 0 atom stereocenters. The highest BCUT2D eigenvalue weighted by molar-refractivity contribution is 5.67. The van der Waals surface area contributed by atoms with Gasteiger partial charge >= 0.3 is 6.09 Å². The Hall–Kier alpha value is -0.810. The van der Waals surface area contributed by atoms with Crippen molar-refractivity contribution in [1.82, 2.24) is 10.7 Å². The van der Waals surface area contributed by atoms with Crippen LogP contribution >= 0.6 is 0 Å². The Morgan fingerprint density at radius 1 is 1.12 bits per heavy atom. The van der Waals surface area contributed by atoms with E-state index in [1.54, 1.807) is 0 Å². The van der Waals surface area contributed by atoms with Gasteiger partial charge in [0.2, 0.25) is 0 Å². The van der Waals surface area contributed by atoms with Crippen molar-refractivity contribution in [3.05, 3.63) is 0 Å². The second-order valence-electron chi connectivity index (χ2n) is 4.80. The number of nitrogens with two attached hydrogens (primary N) is 1. The molecule has 0 saturated heterocycles. The van der Waals surface area contributed by atoms with E-state index >= 15 is 0 Å². The molecule has 4 N–H and O–H groups in total. The van der Waals surface area contributed by atoms with Crippen molar-refractivity contribution in [1.29, 1.82) is 0 Å². The van der Waals surface area contributed by atoms with E-state index < -0.39 is 5.60 Å². The molecular formula is C11H25N3O2. The molecule has 0 heterocycles. The molecule has 16 heavy (non-hydrogen) atoms. The number of carbonyl (C=O) groups excluding carboxylic acids is 1. The highest BCUT2D eigenvalue weighted by atomic mass is 16.6. The molecule has 0 rings (SSSR count). The Morgan fingerprint density at radius 3 is 2.19 bits per heavy atom. The van der Waals surface area contributed by atoms with Crippen LogP contribution in [0, 0.1) is 0 Å². The zero-order chi connectivity index (χ0) is 12.4. The molecule has 0 bridgehead atoms. The Bertz CT molecular complexity index is 190. The second-order valence-corrected chi connectivity index (χ2v) is 4.80.